The average Bonchev–Trinajstić information content (AvgIpc) is 3.59. The molecule has 2 spiro atoms. The third kappa shape index (κ3) is 4.28. The smallest absolute Gasteiger partial charge is 0.409 e. The Morgan fingerprint density at radius 3 is 2.43 bits per heavy atom. The molecule has 2 heterocycles. The van der Waals surface area contributed by atoms with E-state index < -0.39 is 12.2 Å². The normalized spacial score (nSPS) is 45.7. The minimum Gasteiger partial charge on any atom is -0.446 e. The van der Waals surface area contributed by atoms with Gasteiger partial charge in [0.1, 0.15) is 24.4 Å². The van der Waals surface area contributed by atoms with E-state index in [4.69, 9.17) is 14.2 Å². The molecule has 7 rings (SSSR count). The van der Waals surface area contributed by atoms with Crippen molar-refractivity contribution in [1.29, 1.82) is 0 Å². The highest BCUT2D eigenvalue weighted by Gasteiger charge is 2.85. The lowest BCUT2D eigenvalue weighted by Crippen LogP contribution is -2.60. The fraction of sp³-hybridized carbons (Fsp3) is 0.865. The largest absolute Gasteiger partial charge is 0.446 e. The van der Waals surface area contributed by atoms with Crippen LogP contribution in [0, 0.1) is 68.9 Å². The first-order valence-corrected chi connectivity index (χ1v) is 18.0. The van der Waals surface area contributed by atoms with Gasteiger partial charge in [0, 0.05) is 43.9 Å². The van der Waals surface area contributed by atoms with Gasteiger partial charge >= 0.3 is 12.2 Å². The van der Waals surface area contributed by atoms with Crippen LogP contribution in [0.25, 0.3) is 0 Å². The molecule has 0 aromatic rings. The van der Waals surface area contributed by atoms with Gasteiger partial charge < -0.3 is 34.9 Å². The fourth-order valence-corrected chi connectivity index (χ4v) is 12.3. The number of carbonyl (C=O) groups excluding carboxylic acids is 2. The SMILES string of the molecule is CC(C)[C@@H](OC(=O)N(C)C)[C]1C[C@@H](C)[C@H]2[C](O1)[C@H](O)[C@@]1(C)[C]3CC[C@H]4C(C)(C)C(OC(=O)NC5CNC5)CC[C@@]45C[C@@]35CC[C@]21C. The summed E-state index contributed by atoms with van der Waals surface area (Å²) in [6.45, 7) is 17.5. The molecule has 257 valence electrons. The average molecular weight is 641 g/mol. The van der Waals surface area contributed by atoms with Gasteiger partial charge in [0.15, 0.2) is 0 Å². The number of rotatable bonds is 5. The minimum atomic E-state index is -0.698. The summed E-state index contributed by atoms with van der Waals surface area (Å²) in [6, 6.07) is 0.172. The van der Waals surface area contributed by atoms with E-state index in [1.54, 1.807) is 20.0 Å². The maximum absolute atomic E-state index is 12.8. The van der Waals surface area contributed by atoms with Crippen molar-refractivity contribution in [1.82, 2.24) is 15.5 Å². The highest BCUT2D eigenvalue weighted by atomic mass is 16.6. The van der Waals surface area contributed by atoms with Crippen molar-refractivity contribution in [3.63, 3.8) is 0 Å². The van der Waals surface area contributed by atoms with Crippen LogP contribution in [-0.2, 0) is 14.2 Å². The highest BCUT2D eigenvalue weighted by Crippen LogP contribution is 2.90. The van der Waals surface area contributed by atoms with Crippen LogP contribution >= 0.6 is 0 Å². The predicted octanol–water partition coefficient (Wildman–Crippen LogP) is 5.87. The second kappa shape index (κ2) is 10.7. The molecule has 0 bridgehead atoms. The van der Waals surface area contributed by atoms with E-state index in [2.05, 4.69) is 59.1 Å². The van der Waals surface area contributed by atoms with E-state index in [-0.39, 0.29) is 69.2 Å². The van der Waals surface area contributed by atoms with Crippen LogP contribution in [0.1, 0.15) is 99.8 Å². The van der Waals surface area contributed by atoms with Gasteiger partial charge in [0.05, 0.1) is 12.1 Å². The molecule has 10 atom stereocenters. The molecule has 5 aliphatic carbocycles. The number of alkyl carbamates (subject to hydrolysis) is 1. The van der Waals surface area contributed by atoms with E-state index >= 15 is 0 Å². The van der Waals surface area contributed by atoms with Crippen LogP contribution in [0.3, 0.4) is 0 Å². The lowest BCUT2D eigenvalue weighted by atomic mass is 9.41. The Morgan fingerprint density at radius 2 is 1.80 bits per heavy atom. The van der Waals surface area contributed by atoms with E-state index in [1.807, 2.05) is 0 Å². The van der Waals surface area contributed by atoms with Crippen molar-refractivity contribution in [3.05, 3.63) is 18.1 Å². The Labute approximate surface area is 276 Å². The summed E-state index contributed by atoms with van der Waals surface area (Å²) >= 11 is 0. The molecule has 1 unspecified atom stereocenters. The molecule has 2 aliphatic heterocycles. The molecule has 3 radical (unpaired) electrons. The van der Waals surface area contributed by atoms with Crippen molar-refractivity contribution < 1.29 is 28.9 Å². The molecule has 2 amide bonds. The lowest BCUT2D eigenvalue weighted by Gasteiger charge is -2.63. The standard InChI is InChI=1S/C37H58N3O6/c1-20(2)28(46-32(43)40(8)9)23-16-21(3)27-29(44-23)30(41)35(7)25-11-10-24-33(4,5)26(45-31(42)39-22-17-38-18-22)12-13-36(24)19-37(25,36)15-14-34(27,35)6/h20-22,24,26-28,30,38,41H,10-19H2,1-9H3,(H,39,42)/t21-,24+,26?,27+,28-,30+,34-,35-,36-,37+/m1/s1. The number of amides is 2. The highest BCUT2D eigenvalue weighted by molar-refractivity contribution is 5.68. The summed E-state index contributed by atoms with van der Waals surface area (Å²) in [5.41, 5.74) is -0.252. The van der Waals surface area contributed by atoms with Gasteiger partial charge in [-0.05, 0) is 91.3 Å². The molecule has 7 fully saturated rings. The van der Waals surface area contributed by atoms with Gasteiger partial charge in [-0.25, -0.2) is 9.59 Å². The summed E-state index contributed by atoms with van der Waals surface area (Å²) in [5.74, 6) is 2.54. The zero-order valence-electron chi connectivity index (χ0n) is 29.6. The second-order valence-corrected chi connectivity index (χ2v) is 17.8. The zero-order valence-corrected chi connectivity index (χ0v) is 29.6. The van der Waals surface area contributed by atoms with E-state index in [0.29, 0.717) is 5.92 Å². The van der Waals surface area contributed by atoms with Crippen molar-refractivity contribution in [2.24, 2.45) is 50.7 Å². The third-order valence-corrected chi connectivity index (χ3v) is 14.9. The van der Waals surface area contributed by atoms with Gasteiger partial charge in [-0.3, -0.25) is 0 Å². The summed E-state index contributed by atoms with van der Waals surface area (Å²) in [7, 11) is 3.40. The first-order valence-electron chi connectivity index (χ1n) is 18.0. The maximum atomic E-state index is 12.8. The van der Waals surface area contributed by atoms with Gasteiger partial charge in [-0.2, -0.15) is 0 Å². The summed E-state index contributed by atoms with van der Waals surface area (Å²) < 4.78 is 18.9. The number of nitrogens with zero attached hydrogens (tertiary/aromatic N) is 1. The minimum absolute atomic E-state index is 0.0539. The molecule has 0 aromatic heterocycles. The van der Waals surface area contributed by atoms with Crippen LogP contribution in [-0.4, -0.2) is 73.7 Å². The first-order chi connectivity index (χ1) is 21.5. The van der Waals surface area contributed by atoms with Gasteiger partial charge in [0.25, 0.3) is 0 Å². The second-order valence-electron chi connectivity index (χ2n) is 17.8. The monoisotopic (exact) mass is 640 g/mol. The number of aliphatic hydroxyl groups is 1. The summed E-state index contributed by atoms with van der Waals surface area (Å²) in [6.07, 6.45) is 7.88. The quantitative estimate of drug-likeness (QED) is 0.345. The van der Waals surface area contributed by atoms with Gasteiger partial charge in [-0.15, -0.1) is 0 Å². The molecular formula is C37H58N3O6. The Kier molecular flexibility index (Phi) is 7.67. The van der Waals surface area contributed by atoms with Crippen LogP contribution in [0.15, 0.2) is 0 Å². The third-order valence-electron chi connectivity index (χ3n) is 14.9. The Balaban J connectivity index is 1.13. The van der Waals surface area contributed by atoms with Crippen LogP contribution in [0.5, 0.6) is 0 Å². The van der Waals surface area contributed by atoms with Crippen molar-refractivity contribution in [3.8, 4) is 0 Å². The molecule has 9 nitrogen and oxygen atoms in total. The van der Waals surface area contributed by atoms with Crippen molar-refractivity contribution in [2.75, 3.05) is 27.2 Å². The molecule has 7 aliphatic rings. The number of carbonyl (C=O) groups is 2. The Bertz CT molecular complexity index is 1240. The van der Waals surface area contributed by atoms with Crippen molar-refractivity contribution in [2.45, 2.75) is 124 Å². The number of hydrogen-bond donors (Lipinski definition) is 3. The summed E-state index contributed by atoms with van der Waals surface area (Å²) in [4.78, 5) is 26.9. The van der Waals surface area contributed by atoms with Crippen molar-refractivity contribution >= 4 is 12.2 Å². The van der Waals surface area contributed by atoms with E-state index in [9.17, 15) is 14.7 Å². The predicted molar refractivity (Wildman–Crippen MR) is 174 cm³/mol. The Hall–Kier alpha value is -1.58. The van der Waals surface area contributed by atoms with E-state index in [0.717, 1.165) is 70.2 Å². The molecule has 0 aromatic carbocycles. The van der Waals surface area contributed by atoms with Crippen LogP contribution in [0.4, 0.5) is 9.59 Å². The number of aliphatic hydroxyl groups excluding tert-OH is 1. The molecule has 2 saturated heterocycles. The number of ether oxygens (including phenoxy) is 3. The molecule has 46 heavy (non-hydrogen) atoms. The fourth-order valence-electron chi connectivity index (χ4n) is 12.3. The first kappa shape index (κ1) is 32.9. The summed E-state index contributed by atoms with van der Waals surface area (Å²) in [5, 5.41) is 18.7. The lowest BCUT2D eigenvalue weighted by molar-refractivity contribution is -0.126. The molecule has 9 heteroatoms. The number of fused-ring (bicyclic) bond motifs is 4. The Morgan fingerprint density at radius 1 is 1.09 bits per heavy atom. The number of nitrogens with one attached hydrogen (secondary N) is 2. The number of hydrogen-bond acceptors (Lipinski definition) is 7. The van der Waals surface area contributed by atoms with Crippen LogP contribution in [0.2, 0.25) is 0 Å². The zero-order chi connectivity index (χ0) is 33.2. The maximum Gasteiger partial charge on any atom is 0.409 e. The molecular weight excluding hydrogens is 582 g/mol. The molecule has 5 saturated carbocycles. The van der Waals surface area contributed by atoms with Gasteiger partial charge in [0.2, 0.25) is 0 Å². The van der Waals surface area contributed by atoms with Crippen LogP contribution < -0.4 is 10.6 Å². The topological polar surface area (TPSA) is 109 Å². The van der Waals surface area contributed by atoms with Gasteiger partial charge in [-0.1, -0.05) is 48.5 Å². The van der Waals surface area contributed by atoms with E-state index in [1.165, 1.54) is 11.3 Å². The molecule has 3 N–H and O–H groups in total.